The summed E-state index contributed by atoms with van der Waals surface area (Å²) >= 11 is 0. The van der Waals surface area contributed by atoms with E-state index >= 15 is 0 Å². The van der Waals surface area contributed by atoms with Crippen molar-refractivity contribution in [1.29, 1.82) is 0 Å². The first-order chi connectivity index (χ1) is 16.3. The Morgan fingerprint density at radius 3 is 2.35 bits per heavy atom. The number of fused-ring (bicyclic) bond motifs is 3. The lowest BCUT2D eigenvalue weighted by molar-refractivity contribution is -0.122. The van der Waals surface area contributed by atoms with Crippen molar-refractivity contribution in [1.82, 2.24) is 0 Å². The van der Waals surface area contributed by atoms with Crippen molar-refractivity contribution in [2.45, 2.75) is 83.5 Å². The summed E-state index contributed by atoms with van der Waals surface area (Å²) in [4.78, 5) is 14.1. The number of aryl methyl sites for hydroxylation is 5. The van der Waals surface area contributed by atoms with Crippen LogP contribution in [0.4, 0.5) is 5.69 Å². The molecule has 0 N–H and O–H groups in total. The molecule has 0 spiro atoms. The predicted octanol–water partition coefficient (Wildman–Crippen LogP) is 6.54. The second-order valence-corrected chi connectivity index (χ2v) is 11.8. The van der Waals surface area contributed by atoms with Crippen LogP contribution < -0.4 is 4.31 Å². The van der Waals surface area contributed by atoms with Gasteiger partial charge in [-0.25, -0.2) is 12.7 Å². The van der Waals surface area contributed by atoms with Crippen molar-refractivity contribution in [3.8, 4) is 0 Å². The largest absolute Gasteiger partial charge is 0.461 e. The minimum absolute atomic E-state index is 0.203. The van der Waals surface area contributed by atoms with E-state index in [-0.39, 0.29) is 16.7 Å². The molecule has 0 saturated heterocycles. The van der Waals surface area contributed by atoms with Crippen molar-refractivity contribution in [2.75, 3.05) is 4.31 Å². The number of carbonyl (C=O) groups is 1. The van der Waals surface area contributed by atoms with Crippen LogP contribution in [0.2, 0.25) is 0 Å². The molecule has 0 aliphatic heterocycles. The molecule has 2 aliphatic rings. The van der Waals surface area contributed by atoms with Gasteiger partial charge in [-0.3, -0.25) is 4.79 Å². The van der Waals surface area contributed by atoms with Gasteiger partial charge in [-0.05, 0) is 93.8 Å². The molecule has 5 rings (SSSR count). The third-order valence-corrected chi connectivity index (χ3v) is 9.50. The highest BCUT2D eigenvalue weighted by Gasteiger charge is 2.37. The number of nitrogens with zero attached hydrogens (tertiary/aromatic N) is 1. The summed E-state index contributed by atoms with van der Waals surface area (Å²) in [6.45, 7) is 5.68. The molecule has 2 aromatic carbocycles. The number of sulfonamides is 1. The zero-order chi connectivity index (χ0) is 24.0. The highest BCUT2D eigenvalue weighted by Crippen LogP contribution is 2.38. The lowest BCUT2D eigenvalue weighted by atomic mass is 9.88. The van der Waals surface area contributed by atoms with Crippen molar-refractivity contribution in [3.63, 3.8) is 0 Å². The van der Waals surface area contributed by atoms with Crippen LogP contribution in [0.15, 0.2) is 39.6 Å². The van der Waals surface area contributed by atoms with E-state index in [1.54, 1.807) is 19.1 Å². The average molecular weight is 480 g/mol. The third-order valence-electron chi connectivity index (χ3n) is 7.64. The Balaban J connectivity index is 1.67. The van der Waals surface area contributed by atoms with Gasteiger partial charge in [-0.15, -0.1) is 0 Å². The Morgan fingerprint density at radius 1 is 0.882 bits per heavy atom. The SMILES string of the molecule is Cc1cc(C)c(S(=O)(=O)N(C(=O)C2CCCCC2)c2ccc3oc4c(c3c2)CCCC4)cc1C. The van der Waals surface area contributed by atoms with Crippen molar-refractivity contribution >= 4 is 32.6 Å². The zero-order valence-corrected chi connectivity index (χ0v) is 21.1. The summed E-state index contributed by atoms with van der Waals surface area (Å²) < 4.78 is 35.5. The fourth-order valence-electron chi connectivity index (χ4n) is 5.59. The summed E-state index contributed by atoms with van der Waals surface area (Å²) in [5, 5.41) is 0.931. The summed E-state index contributed by atoms with van der Waals surface area (Å²) in [5.41, 5.74) is 4.93. The minimum Gasteiger partial charge on any atom is -0.461 e. The highest BCUT2D eigenvalue weighted by molar-refractivity contribution is 7.93. The smallest absolute Gasteiger partial charge is 0.271 e. The van der Waals surface area contributed by atoms with E-state index in [2.05, 4.69) is 0 Å². The molecule has 180 valence electrons. The Kier molecular flexibility index (Phi) is 6.05. The van der Waals surface area contributed by atoms with Gasteiger partial charge in [0.1, 0.15) is 11.3 Å². The lowest BCUT2D eigenvalue weighted by Crippen LogP contribution is -2.42. The minimum atomic E-state index is -4.09. The average Bonchev–Trinajstić information content (AvgIpc) is 3.20. The van der Waals surface area contributed by atoms with Gasteiger partial charge in [0.15, 0.2) is 0 Å². The number of anilines is 1. The van der Waals surface area contributed by atoms with Crippen LogP contribution in [0, 0.1) is 26.7 Å². The molecule has 0 atom stereocenters. The lowest BCUT2D eigenvalue weighted by Gasteiger charge is -2.29. The number of hydrogen-bond donors (Lipinski definition) is 0. The molecule has 1 saturated carbocycles. The van der Waals surface area contributed by atoms with Crippen LogP contribution in [0.5, 0.6) is 0 Å². The van der Waals surface area contributed by atoms with Crippen LogP contribution >= 0.6 is 0 Å². The predicted molar refractivity (Wildman–Crippen MR) is 135 cm³/mol. The van der Waals surface area contributed by atoms with Gasteiger partial charge >= 0.3 is 0 Å². The van der Waals surface area contributed by atoms with E-state index in [1.807, 2.05) is 32.0 Å². The van der Waals surface area contributed by atoms with Gasteiger partial charge in [0.05, 0.1) is 10.6 Å². The van der Waals surface area contributed by atoms with Crippen LogP contribution in [-0.2, 0) is 27.7 Å². The van der Waals surface area contributed by atoms with Gasteiger partial charge in [-0.2, -0.15) is 0 Å². The first kappa shape index (κ1) is 23.2. The van der Waals surface area contributed by atoms with Gasteiger partial charge in [0.25, 0.3) is 10.0 Å². The number of furan rings is 1. The first-order valence-electron chi connectivity index (χ1n) is 12.5. The van der Waals surface area contributed by atoms with Gasteiger partial charge in [0, 0.05) is 23.3 Å². The quantitative estimate of drug-likeness (QED) is 0.426. The van der Waals surface area contributed by atoms with Gasteiger partial charge in [-0.1, -0.05) is 25.3 Å². The Bertz CT molecular complexity index is 1360. The molecule has 1 heterocycles. The summed E-state index contributed by atoms with van der Waals surface area (Å²) in [5.74, 6) is 0.412. The van der Waals surface area contributed by atoms with E-state index in [4.69, 9.17) is 4.42 Å². The van der Waals surface area contributed by atoms with Crippen molar-refractivity contribution < 1.29 is 17.6 Å². The number of rotatable bonds is 4. The molecule has 1 aromatic heterocycles. The third kappa shape index (κ3) is 3.96. The molecular formula is C28H33NO4S. The van der Waals surface area contributed by atoms with Gasteiger partial charge in [0.2, 0.25) is 5.91 Å². The molecule has 34 heavy (non-hydrogen) atoms. The second-order valence-electron chi connectivity index (χ2n) is 10.0. The first-order valence-corrected chi connectivity index (χ1v) is 13.9. The molecule has 2 aliphatic carbocycles. The van der Waals surface area contributed by atoms with Gasteiger partial charge < -0.3 is 4.42 Å². The Hall–Kier alpha value is -2.60. The van der Waals surface area contributed by atoms with Crippen molar-refractivity contribution in [2.24, 2.45) is 5.92 Å². The second kappa shape index (κ2) is 8.88. The summed E-state index contributed by atoms with van der Waals surface area (Å²) in [6.07, 6.45) is 8.52. The van der Waals surface area contributed by atoms with Crippen LogP contribution in [-0.4, -0.2) is 14.3 Å². The topological polar surface area (TPSA) is 67.6 Å². The molecule has 1 amide bonds. The molecule has 1 fully saturated rings. The number of benzene rings is 2. The van der Waals surface area contributed by atoms with E-state index in [1.165, 1.54) is 0 Å². The molecule has 6 heteroatoms. The fraction of sp³-hybridized carbons (Fsp3) is 0.464. The number of hydrogen-bond acceptors (Lipinski definition) is 4. The maximum atomic E-state index is 14.1. The summed E-state index contributed by atoms with van der Waals surface area (Å²) in [6, 6.07) is 9.01. The Labute approximate surface area is 202 Å². The monoisotopic (exact) mass is 479 g/mol. The van der Waals surface area contributed by atoms with Crippen LogP contribution in [0.1, 0.15) is 73.0 Å². The molecule has 0 bridgehead atoms. The van der Waals surface area contributed by atoms with Crippen molar-refractivity contribution in [3.05, 3.63) is 58.3 Å². The number of carbonyl (C=O) groups excluding carboxylic acids is 1. The fourth-order valence-corrected chi connectivity index (χ4v) is 7.35. The van der Waals surface area contributed by atoms with Crippen LogP contribution in [0.3, 0.4) is 0 Å². The number of amides is 1. The molecule has 5 nitrogen and oxygen atoms in total. The van der Waals surface area contributed by atoms with Crippen LogP contribution in [0.25, 0.3) is 11.0 Å². The zero-order valence-electron chi connectivity index (χ0n) is 20.3. The molecule has 3 aromatic rings. The van der Waals surface area contributed by atoms with E-state index in [0.717, 1.165) is 95.5 Å². The maximum absolute atomic E-state index is 14.1. The normalized spacial score (nSPS) is 17.0. The van der Waals surface area contributed by atoms with E-state index < -0.39 is 10.0 Å². The Morgan fingerprint density at radius 2 is 1.59 bits per heavy atom. The molecule has 0 radical (unpaired) electrons. The highest BCUT2D eigenvalue weighted by atomic mass is 32.2. The molecular weight excluding hydrogens is 446 g/mol. The summed E-state index contributed by atoms with van der Waals surface area (Å²) in [7, 11) is -4.09. The van der Waals surface area contributed by atoms with E-state index in [0.29, 0.717) is 11.3 Å². The molecule has 0 unspecified atom stereocenters. The maximum Gasteiger partial charge on any atom is 0.271 e. The standard InChI is InChI=1S/C28H33NO4S/c1-18-15-20(3)27(16-19(18)2)34(31,32)29(28(30)21-9-5-4-6-10-21)22-13-14-26-24(17-22)23-11-7-8-12-25(23)33-26/h13-17,21H,4-12H2,1-3H3. The van der Waals surface area contributed by atoms with E-state index in [9.17, 15) is 13.2 Å².